The van der Waals surface area contributed by atoms with Crippen molar-refractivity contribution in [2.45, 2.75) is 31.2 Å². The third-order valence-electron chi connectivity index (χ3n) is 4.01. The highest BCUT2D eigenvalue weighted by atomic mass is 35.5. The van der Waals surface area contributed by atoms with Gasteiger partial charge in [0.05, 0.1) is 10.3 Å². The summed E-state index contributed by atoms with van der Waals surface area (Å²) in [7, 11) is 0. The number of hydrogen-bond donors (Lipinski definition) is 1. The van der Waals surface area contributed by atoms with Crippen LogP contribution in [-0.2, 0) is 4.79 Å². The number of hydrogen-bond acceptors (Lipinski definition) is 4. The molecule has 7 heteroatoms. The standard InChI is InChI=1S/C19H19ClN4OS/c1-12-4-6-16(10-13(12)2)24-9-8-21-19(24)26-14(3)18(25)23-17-7-5-15(20)11-22-17/h4-11,14H,1-3H3,(H,22,23,25). The molecule has 2 aromatic heterocycles. The molecule has 0 radical (unpaired) electrons. The molecule has 1 atom stereocenters. The predicted molar refractivity (Wildman–Crippen MR) is 106 cm³/mol. The molecule has 26 heavy (non-hydrogen) atoms. The molecule has 0 aliphatic heterocycles. The minimum atomic E-state index is -0.333. The number of carbonyl (C=O) groups excluding carboxylic acids is 1. The van der Waals surface area contributed by atoms with Crippen molar-refractivity contribution in [3.05, 3.63) is 65.1 Å². The molecule has 3 rings (SSSR count). The van der Waals surface area contributed by atoms with E-state index in [4.69, 9.17) is 11.6 Å². The molecule has 0 bridgehead atoms. The Morgan fingerprint density at radius 2 is 2.00 bits per heavy atom. The Hall–Kier alpha value is -2.31. The smallest absolute Gasteiger partial charge is 0.238 e. The number of amides is 1. The van der Waals surface area contributed by atoms with Crippen LogP contribution in [0.25, 0.3) is 5.69 Å². The Morgan fingerprint density at radius 1 is 1.19 bits per heavy atom. The average Bonchev–Trinajstić information content (AvgIpc) is 3.07. The lowest BCUT2D eigenvalue weighted by molar-refractivity contribution is -0.115. The molecule has 2 heterocycles. The molecule has 5 nitrogen and oxygen atoms in total. The van der Waals surface area contributed by atoms with Crippen LogP contribution in [-0.4, -0.2) is 25.7 Å². The van der Waals surface area contributed by atoms with Gasteiger partial charge in [0.1, 0.15) is 5.82 Å². The maximum Gasteiger partial charge on any atom is 0.238 e. The first-order valence-corrected chi connectivity index (χ1v) is 9.40. The fraction of sp³-hybridized carbons (Fsp3) is 0.211. The van der Waals surface area contributed by atoms with E-state index in [1.165, 1.54) is 29.1 Å². The number of nitrogens with one attached hydrogen (secondary N) is 1. The third-order valence-corrected chi connectivity index (χ3v) is 5.31. The summed E-state index contributed by atoms with van der Waals surface area (Å²) in [5.41, 5.74) is 3.48. The number of anilines is 1. The molecule has 1 aromatic carbocycles. The lowest BCUT2D eigenvalue weighted by atomic mass is 10.1. The highest BCUT2D eigenvalue weighted by Crippen LogP contribution is 2.26. The first-order chi connectivity index (χ1) is 12.4. The van der Waals surface area contributed by atoms with E-state index < -0.39 is 0 Å². The van der Waals surface area contributed by atoms with Gasteiger partial charge in [-0.15, -0.1) is 0 Å². The van der Waals surface area contributed by atoms with Crippen molar-refractivity contribution in [1.29, 1.82) is 0 Å². The van der Waals surface area contributed by atoms with Crippen molar-refractivity contribution in [2.24, 2.45) is 0 Å². The molecule has 134 valence electrons. The fourth-order valence-electron chi connectivity index (χ4n) is 2.34. The second kappa shape index (κ2) is 7.93. The number of imidazole rings is 1. The van der Waals surface area contributed by atoms with E-state index in [9.17, 15) is 4.79 Å². The van der Waals surface area contributed by atoms with Gasteiger partial charge in [0.25, 0.3) is 0 Å². The Bertz CT molecular complexity index is 924. The first kappa shape index (κ1) is 18.5. The SMILES string of the molecule is Cc1ccc(-n2ccnc2SC(C)C(=O)Nc2ccc(Cl)cn2)cc1C. The highest BCUT2D eigenvalue weighted by Gasteiger charge is 2.18. The van der Waals surface area contributed by atoms with E-state index in [0.717, 1.165) is 10.8 Å². The summed E-state index contributed by atoms with van der Waals surface area (Å²) in [6.45, 7) is 6.01. The van der Waals surface area contributed by atoms with Gasteiger partial charge in [-0.05, 0) is 56.2 Å². The van der Waals surface area contributed by atoms with Crippen molar-refractivity contribution in [2.75, 3.05) is 5.32 Å². The summed E-state index contributed by atoms with van der Waals surface area (Å²) in [4.78, 5) is 20.9. The van der Waals surface area contributed by atoms with Crippen LogP contribution in [0.2, 0.25) is 5.02 Å². The summed E-state index contributed by atoms with van der Waals surface area (Å²) in [5, 5.41) is 3.75. The van der Waals surface area contributed by atoms with Gasteiger partial charge in [-0.1, -0.05) is 29.4 Å². The molecule has 3 aromatic rings. The summed E-state index contributed by atoms with van der Waals surface area (Å²) >= 11 is 7.21. The van der Waals surface area contributed by atoms with E-state index in [1.807, 2.05) is 17.7 Å². The first-order valence-electron chi connectivity index (χ1n) is 8.14. The van der Waals surface area contributed by atoms with Gasteiger partial charge in [-0.25, -0.2) is 9.97 Å². The zero-order chi connectivity index (χ0) is 18.7. The number of pyridine rings is 1. The maximum absolute atomic E-state index is 12.4. The number of rotatable bonds is 5. The molecule has 0 saturated heterocycles. The van der Waals surface area contributed by atoms with Crippen molar-refractivity contribution in [3.8, 4) is 5.69 Å². The van der Waals surface area contributed by atoms with Gasteiger partial charge in [0.2, 0.25) is 5.91 Å². The Balaban J connectivity index is 1.72. The number of benzene rings is 1. The van der Waals surface area contributed by atoms with Crippen molar-refractivity contribution in [3.63, 3.8) is 0 Å². The van der Waals surface area contributed by atoms with Crippen LogP contribution < -0.4 is 5.32 Å². The van der Waals surface area contributed by atoms with E-state index >= 15 is 0 Å². The summed E-state index contributed by atoms with van der Waals surface area (Å²) in [6, 6.07) is 9.61. The van der Waals surface area contributed by atoms with Crippen molar-refractivity contribution >= 4 is 35.1 Å². The predicted octanol–water partition coefficient (Wildman–Crippen LogP) is 4.66. The lowest BCUT2D eigenvalue weighted by Gasteiger charge is -2.13. The molecule has 1 N–H and O–H groups in total. The lowest BCUT2D eigenvalue weighted by Crippen LogP contribution is -2.23. The van der Waals surface area contributed by atoms with Crippen molar-refractivity contribution < 1.29 is 4.79 Å². The fourth-order valence-corrected chi connectivity index (χ4v) is 3.33. The Kier molecular flexibility index (Phi) is 5.64. The van der Waals surface area contributed by atoms with Gasteiger partial charge in [0.15, 0.2) is 5.16 Å². The molecule has 0 aliphatic carbocycles. The molecule has 0 spiro atoms. The van der Waals surface area contributed by atoms with Gasteiger partial charge in [0, 0.05) is 24.3 Å². The minimum Gasteiger partial charge on any atom is -0.310 e. The second-order valence-corrected chi connectivity index (χ2v) is 7.70. The van der Waals surface area contributed by atoms with E-state index in [0.29, 0.717) is 10.8 Å². The number of aromatic nitrogens is 3. The van der Waals surface area contributed by atoms with E-state index in [2.05, 4.69) is 47.3 Å². The normalized spacial score (nSPS) is 12.0. The number of halogens is 1. The van der Waals surface area contributed by atoms with Gasteiger partial charge in [-0.3, -0.25) is 9.36 Å². The van der Waals surface area contributed by atoms with Crippen LogP contribution >= 0.6 is 23.4 Å². The van der Waals surface area contributed by atoms with Gasteiger partial charge in [-0.2, -0.15) is 0 Å². The molecular formula is C19H19ClN4OS. The molecular weight excluding hydrogens is 368 g/mol. The largest absolute Gasteiger partial charge is 0.310 e. The zero-order valence-electron chi connectivity index (χ0n) is 14.7. The summed E-state index contributed by atoms with van der Waals surface area (Å²) < 4.78 is 1.99. The van der Waals surface area contributed by atoms with Crippen molar-refractivity contribution in [1.82, 2.24) is 14.5 Å². The highest BCUT2D eigenvalue weighted by molar-refractivity contribution is 8.00. The van der Waals surface area contributed by atoms with Gasteiger partial charge < -0.3 is 5.32 Å². The molecule has 1 amide bonds. The Morgan fingerprint density at radius 3 is 2.69 bits per heavy atom. The van der Waals surface area contributed by atoms with E-state index in [-0.39, 0.29) is 11.2 Å². The number of aryl methyl sites for hydroxylation is 2. The third kappa shape index (κ3) is 4.26. The minimum absolute atomic E-state index is 0.139. The van der Waals surface area contributed by atoms with E-state index in [1.54, 1.807) is 18.3 Å². The van der Waals surface area contributed by atoms with Gasteiger partial charge >= 0.3 is 0 Å². The number of thioether (sulfide) groups is 1. The zero-order valence-corrected chi connectivity index (χ0v) is 16.3. The summed E-state index contributed by atoms with van der Waals surface area (Å²) in [5.74, 6) is 0.337. The van der Waals surface area contributed by atoms with Crippen LogP contribution in [0.5, 0.6) is 0 Å². The topological polar surface area (TPSA) is 59.8 Å². The molecule has 1 unspecified atom stereocenters. The second-order valence-electron chi connectivity index (χ2n) is 5.96. The molecule has 0 aliphatic rings. The Labute approximate surface area is 161 Å². The van der Waals surface area contributed by atoms with Crippen LogP contribution in [0.15, 0.2) is 54.1 Å². The maximum atomic E-state index is 12.4. The molecule has 0 saturated carbocycles. The molecule has 0 fully saturated rings. The quantitative estimate of drug-likeness (QED) is 0.648. The van der Waals surface area contributed by atoms with Crippen LogP contribution in [0.4, 0.5) is 5.82 Å². The number of nitrogens with zero attached hydrogens (tertiary/aromatic N) is 3. The summed E-state index contributed by atoms with van der Waals surface area (Å²) in [6.07, 6.45) is 5.14. The average molecular weight is 387 g/mol. The van der Waals surface area contributed by atoms with Crippen LogP contribution in [0, 0.1) is 13.8 Å². The van der Waals surface area contributed by atoms with Crippen LogP contribution in [0.1, 0.15) is 18.1 Å². The van der Waals surface area contributed by atoms with Crippen LogP contribution in [0.3, 0.4) is 0 Å². The number of carbonyl (C=O) groups is 1. The monoisotopic (exact) mass is 386 g/mol.